The smallest absolute Gasteiger partial charge is 0.337 e. The van der Waals surface area contributed by atoms with Crippen LogP contribution in [0.3, 0.4) is 0 Å². The summed E-state index contributed by atoms with van der Waals surface area (Å²) in [6, 6.07) is 16.1. The van der Waals surface area contributed by atoms with Crippen molar-refractivity contribution >= 4 is 11.9 Å². The van der Waals surface area contributed by atoms with Crippen molar-refractivity contribution in [3.8, 4) is 5.75 Å². The Bertz CT molecular complexity index is 736. The quantitative estimate of drug-likeness (QED) is 0.771. The van der Waals surface area contributed by atoms with Crippen molar-refractivity contribution < 1.29 is 19.1 Å². The average molecular weight is 353 g/mol. The van der Waals surface area contributed by atoms with E-state index in [4.69, 9.17) is 9.47 Å². The Labute approximate surface area is 153 Å². The predicted octanol–water partition coefficient (Wildman–Crippen LogP) is 3.61. The Morgan fingerprint density at radius 2 is 1.58 bits per heavy atom. The van der Waals surface area contributed by atoms with Crippen LogP contribution in [0.2, 0.25) is 0 Å². The third-order valence-corrected chi connectivity index (χ3v) is 4.52. The third-order valence-electron chi connectivity index (χ3n) is 4.52. The van der Waals surface area contributed by atoms with E-state index in [1.807, 2.05) is 35.2 Å². The highest BCUT2D eigenvalue weighted by molar-refractivity contribution is 5.89. The van der Waals surface area contributed by atoms with Gasteiger partial charge in [0.2, 0.25) is 6.10 Å². The van der Waals surface area contributed by atoms with Gasteiger partial charge in [0.1, 0.15) is 5.75 Å². The lowest BCUT2D eigenvalue weighted by Gasteiger charge is -2.30. The molecule has 0 N–H and O–H groups in total. The van der Waals surface area contributed by atoms with Crippen LogP contribution in [0, 0.1) is 0 Å². The topological polar surface area (TPSA) is 55.8 Å². The number of nitrogens with zero attached hydrogens (tertiary/aromatic N) is 1. The van der Waals surface area contributed by atoms with Gasteiger partial charge in [-0.05, 0) is 43.5 Å². The molecule has 0 aromatic heterocycles. The molecule has 2 aromatic rings. The van der Waals surface area contributed by atoms with Crippen LogP contribution in [0.4, 0.5) is 0 Å². The summed E-state index contributed by atoms with van der Waals surface area (Å²) in [5, 5.41) is 0. The van der Waals surface area contributed by atoms with E-state index >= 15 is 0 Å². The maximum Gasteiger partial charge on any atom is 0.337 e. The summed E-state index contributed by atoms with van der Waals surface area (Å²) in [5.74, 6) is 0.116. The zero-order chi connectivity index (χ0) is 18.4. The van der Waals surface area contributed by atoms with Crippen LogP contribution in [0.15, 0.2) is 54.6 Å². The molecule has 1 aliphatic rings. The first-order valence-corrected chi connectivity index (χ1v) is 8.88. The highest BCUT2D eigenvalue weighted by atomic mass is 16.5. The molecule has 1 saturated heterocycles. The Balaban J connectivity index is 1.81. The fraction of sp³-hybridized carbons (Fsp3) is 0.333. The molecule has 5 heteroatoms. The van der Waals surface area contributed by atoms with Gasteiger partial charge in [0, 0.05) is 18.7 Å². The van der Waals surface area contributed by atoms with Crippen molar-refractivity contribution in [1.29, 1.82) is 0 Å². The van der Waals surface area contributed by atoms with Gasteiger partial charge in [-0.15, -0.1) is 0 Å². The van der Waals surface area contributed by atoms with Crippen molar-refractivity contribution in [2.45, 2.75) is 25.4 Å². The number of carbonyl (C=O) groups excluding carboxylic acids is 2. The van der Waals surface area contributed by atoms with Crippen LogP contribution in [-0.4, -0.2) is 37.0 Å². The average Bonchev–Trinajstić information content (AvgIpc) is 2.72. The van der Waals surface area contributed by atoms with E-state index in [2.05, 4.69) is 0 Å². The minimum Gasteiger partial charge on any atom is -0.476 e. The maximum atomic E-state index is 13.1. The van der Waals surface area contributed by atoms with Gasteiger partial charge in [-0.25, -0.2) is 4.79 Å². The molecular weight excluding hydrogens is 330 g/mol. The fourth-order valence-electron chi connectivity index (χ4n) is 3.09. The van der Waals surface area contributed by atoms with E-state index in [1.54, 1.807) is 24.3 Å². The predicted molar refractivity (Wildman–Crippen MR) is 98.0 cm³/mol. The number of methoxy groups -OCH3 is 1. The molecule has 0 saturated carbocycles. The number of amides is 1. The molecule has 1 heterocycles. The highest BCUT2D eigenvalue weighted by Gasteiger charge is 2.28. The summed E-state index contributed by atoms with van der Waals surface area (Å²) >= 11 is 0. The van der Waals surface area contributed by atoms with Gasteiger partial charge in [-0.3, -0.25) is 4.79 Å². The van der Waals surface area contributed by atoms with Gasteiger partial charge in [0.25, 0.3) is 5.91 Å². The number of likely N-dealkylation sites (tertiary alicyclic amines) is 1. The largest absolute Gasteiger partial charge is 0.476 e. The zero-order valence-corrected chi connectivity index (χ0v) is 14.9. The minimum atomic E-state index is -0.696. The summed E-state index contributed by atoms with van der Waals surface area (Å²) < 4.78 is 10.7. The van der Waals surface area contributed by atoms with Gasteiger partial charge < -0.3 is 14.4 Å². The lowest BCUT2D eigenvalue weighted by molar-refractivity contribution is -0.140. The van der Waals surface area contributed by atoms with Crippen LogP contribution in [0.25, 0.3) is 0 Å². The molecule has 136 valence electrons. The highest BCUT2D eigenvalue weighted by Crippen LogP contribution is 2.26. The second-order valence-corrected chi connectivity index (χ2v) is 6.31. The first kappa shape index (κ1) is 18.0. The lowest BCUT2D eigenvalue weighted by Crippen LogP contribution is -2.40. The van der Waals surface area contributed by atoms with Crippen molar-refractivity contribution in [2.24, 2.45) is 0 Å². The molecule has 1 atom stereocenters. The van der Waals surface area contributed by atoms with E-state index in [-0.39, 0.29) is 5.91 Å². The van der Waals surface area contributed by atoms with E-state index in [0.717, 1.165) is 37.9 Å². The standard InChI is InChI=1S/C21H23NO4/c1-25-21(24)17-10-12-18(13-11-17)26-19(16-8-4-2-5-9-16)20(23)22-14-6-3-7-15-22/h2,4-5,8-13,19H,3,6-7,14-15H2,1H3/t19-/m0/s1. The molecular formula is C21H23NO4. The molecule has 1 fully saturated rings. The molecule has 26 heavy (non-hydrogen) atoms. The van der Waals surface area contributed by atoms with Crippen molar-refractivity contribution in [3.05, 3.63) is 65.7 Å². The van der Waals surface area contributed by atoms with Crippen LogP contribution < -0.4 is 4.74 Å². The SMILES string of the molecule is COC(=O)c1ccc(O[C@H](C(=O)N2CCCCC2)c2ccccc2)cc1. The number of rotatable bonds is 5. The molecule has 0 spiro atoms. The van der Waals surface area contributed by atoms with Gasteiger partial charge in [0.05, 0.1) is 12.7 Å². The van der Waals surface area contributed by atoms with E-state index < -0.39 is 12.1 Å². The molecule has 0 radical (unpaired) electrons. The second kappa shape index (κ2) is 8.52. The van der Waals surface area contributed by atoms with Crippen LogP contribution in [-0.2, 0) is 9.53 Å². The Morgan fingerprint density at radius 3 is 2.19 bits per heavy atom. The number of piperidine rings is 1. The van der Waals surface area contributed by atoms with Crippen molar-refractivity contribution in [2.75, 3.05) is 20.2 Å². The van der Waals surface area contributed by atoms with Gasteiger partial charge >= 0.3 is 5.97 Å². The number of ether oxygens (including phenoxy) is 2. The third kappa shape index (κ3) is 4.23. The number of hydrogen-bond acceptors (Lipinski definition) is 4. The molecule has 0 unspecified atom stereocenters. The Morgan fingerprint density at radius 1 is 0.923 bits per heavy atom. The summed E-state index contributed by atoms with van der Waals surface area (Å²) in [5.41, 5.74) is 1.26. The molecule has 1 aliphatic heterocycles. The van der Waals surface area contributed by atoms with Crippen LogP contribution in [0.1, 0.15) is 41.3 Å². The fourth-order valence-corrected chi connectivity index (χ4v) is 3.09. The number of benzene rings is 2. The normalized spacial score (nSPS) is 15.2. The van der Waals surface area contributed by atoms with Crippen LogP contribution >= 0.6 is 0 Å². The Hall–Kier alpha value is -2.82. The van der Waals surface area contributed by atoms with Crippen molar-refractivity contribution in [3.63, 3.8) is 0 Å². The Kier molecular flexibility index (Phi) is 5.89. The van der Waals surface area contributed by atoms with Gasteiger partial charge in [0.15, 0.2) is 0 Å². The maximum absolute atomic E-state index is 13.1. The summed E-state index contributed by atoms with van der Waals surface area (Å²) in [7, 11) is 1.34. The number of esters is 1. The van der Waals surface area contributed by atoms with Crippen molar-refractivity contribution in [1.82, 2.24) is 4.90 Å². The first-order chi connectivity index (χ1) is 12.7. The zero-order valence-electron chi connectivity index (χ0n) is 14.9. The van der Waals surface area contributed by atoms with Gasteiger partial charge in [-0.1, -0.05) is 30.3 Å². The molecule has 1 amide bonds. The van der Waals surface area contributed by atoms with E-state index in [0.29, 0.717) is 11.3 Å². The van der Waals surface area contributed by atoms with Gasteiger partial charge in [-0.2, -0.15) is 0 Å². The monoisotopic (exact) mass is 353 g/mol. The molecule has 5 nitrogen and oxygen atoms in total. The molecule has 2 aromatic carbocycles. The van der Waals surface area contributed by atoms with E-state index in [9.17, 15) is 9.59 Å². The molecule has 0 aliphatic carbocycles. The second-order valence-electron chi connectivity index (χ2n) is 6.31. The number of hydrogen-bond donors (Lipinski definition) is 0. The number of carbonyl (C=O) groups is 2. The first-order valence-electron chi connectivity index (χ1n) is 8.88. The van der Waals surface area contributed by atoms with Crippen LogP contribution in [0.5, 0.6) is 5.75 Å². The minimum absolute atomic E-state index is 0.0204. The summed E-state index contributed by atoms with van der Waals surface area (Å²) in [6.07, 6.45) is 2.52. The molecule has 0 bridgehead atoms. The lowest BCUT2D eigenvalue weighted by atomic mass is 10.1. The van der Waals surface area contributed by atoms with E-state index in [1.165, 1.54) is 7.11 Å². The summed E-state index contributed by atoms with van der Waals surface area (Å²) in [6.45, 7) is 1.54. The summed E-state index contributed by atoms with van der Waals surface area (Å²) in [4.78, 5) is 26.5. The molecule has 3 rings (SSSR count).